The number of hydrogen-bond donors (Lipinski definition) is 0. The van der Waals surface area contributed by atoms with Gasteiger partial charge in [-0.1, -0.05) is 0 Å². The Morgan fingerprint density at radius 1 is 1.12 bits per heavy atom. The Bertz CT molecular complexity index is 332. The lowest BCUT2D eigenvalue weighted by atomic mass is 10.1. The average molecular weight is 238 g/mol. The molecule has 0 fully saturated rings. The number of Topliss-reactive ketones (excluding diaryl/α,β-unsaturated/α-hetero) is 1. The summed E-state index contributed by atoms with van der Waals surface area (Å²) in [5, 5.41) is 0. The van der Waals surface area contributed by atoms with Gasteiger partial charge in [-0.3, -0.25) is 4.79 Å². The van der Waals surface area contributed by atoms with Crippen LogP contribution in [0.3, 0.4) is 0 Å². The van der Waals surface area contributed by atoms with Gasteiger partial charge in [0, 0.05) is 12.2 Å². The average Bonchev–Trinajstić information content (AvgIpc) is 2.38. The predicted octanol–water partition coefficient (Wildman–Crippen LogP) is 1.93. The van der Waals surface area contributed by atoms with Crippen LogP contribution in [-0.4, -0.2) is 39.3 Å². The fourth-order valence-corrected chi connectivity index (χ4v) is 1.29. The minimum atomic E-state index is -0.0378. The van der Waals surface area contributed by atoms with E-state index in [0.29, 0.717) is 25.4 Å². The molecule has 94 valence electrons. The lowest BCUT2D eigenvalue weighted by molar-refractivity contribution is 0.0475. The molecule has 4 heteroatoms. The summed E-state index contributed by atoms with van der Waals surface area (Å²) in [4.78, 5) is 11.7. The summed E-state index contributed by atoms with van der Waals surface area (Å²) in [7, 11) is 1.59. The number of hydrogen-bond acceptors (Lipinski definition) is 4. The lowest BCUT2D eigenvalue weighted by Crippen LogP contribution is -2.12. The van der Waals surface area contributed by atoms with Crippen LogP contribution in [-0.2, 0) is 9.47 Å². The van der Waals surface area contributed by atoms with Crippen LogP contribution in [0.15, 0.2) is 24.3 Å². The zero-order valence-electron chi connectivity index (χ0n) is 10.3. The van der Waals surface area contributed by atoms with E-state index in [1.54, 1.807) is 31.4 Å². The Morgan fingerprint density at radius 2 is 1.76 bits per heavy atom. The SMILES string of the molecule is CCOCCOCC(=O)c1ccc(OC)cc1. The Kier molecular flexibility index (Phi) is 6.29. The second-order valence-electron chi connectivity index (χ2n) is 3.40. The summed E-state index contributed by atoms with van der Waals surface area (Å²) in [6, 6.07) is 6.97. The smallest absolute Gasteiger partial charge is 0.188 e. The normalized spacial score (nSPS) is 10.2. The molecule has 0 aliphatic carbocycles. The Hall–Kier alpha value is -1.39. The van der Waals surface area contributed by atoms with Crippen LogP contribution < -0.4 is 4.74 Å². The summed E-state index contributed by atoms with van der Waals surface area (Å²) in [6.07, 6.45) is 0. The fraction of sp³-hybridized carbons (Fsp3) is 0.462. The standard InChI is InChI=1S/C13H18O4/c1-3-16-8-9-17-10-13(14)11-4-6-12(15-2)7-5-11/h4-7H,3,8-10H2,1-2H3. The van der Waals surface area contributed by atoms with Gasteiger partial charge in [-0.05, 0) is 31.2 Å². The van der Waals surface area contributed by atoms with Crippen LogP contribution in [0, 0.1) is 0 Å². The van der Waals surface area contributed by atoms with Gasteiger partial charge in [0.2, 0.25) is 0 Å². The van der Waals surface area contributed by atoms with E-state index in [1.807, 2.05) is 6.92 Å². The minimum Gasteiger partial charge on any atom is -0.497 e. The van der Waals surface area contributed by atoms with Crippen molar-refractivity contribution in [2.45, 2.75) is 6.92 Å². The van der Waals surface area contributed by atoms with Gasteiger partial charge in [0.25, 0.3) is 0 Å². The van der Waals surface area contributed by atoms with E-state index in [4.69, 9.17) is 14.2 Å². The van der Waals surface area contributed by atoms with E-state index in [-0.39, 0.29) is 12.4 Å². The molecule has 0 aliphatic heterocycles. The van der Waals surface area contributed by atoms with Gasteiger partial charge in [-0.2, -0.15) is 0 Å². The molecule has 0 aromatic heterocycles. The number of methoxy groups -OCH3 is 1. The zero-order valence-corrected chi connectivity index (χ0v) is 10.3. The highest BCUT2D eigenvalue weighted by molar-refractivity contribution is 5.97. The van der Waals surface area contributed by atoms with Gasteiger partial charge >= 0.3 is 0 Å². The third-order valence-corrected chi connectivity index (χ3v) is 2.22. The molecule has 0 unspecified atom stereocenters. The van der Waals surface area contributed by atoms with Crippen molar-refractivity contribution in [3.8, 4) is 5.75 Å². The molecule has 0 aliphatic rings. The van der Waals surface area contributed by atoms with Crippen molar-refractivity contribution in [1.29, 1.82) is 0 Å². The molecule has 0 amide bonds. The highest BCUT2D eigenvalue weighted by Gasteiger charge is 2.05. The molecule has 0 heterocycles. The van der Waals surface area contributed by atoms with E-state index in [1.165, 1.54) is 0 Å². The van der Waals surface area contributed by atoms with Crippen LogP contribution >= 0.6 is 0 Å². The fourth-order valence-electron chi connectivity index (χ4n) is 1.29. The van der Waals surface area contributed by atoms with Gasteiger partial charge in [0.05, 0.1) is 20.3 Å². The number of ketones is 1. The van der Waals surface area contributed by atoms with Gasteiger partial charge in [-0.25, -0.2) is 0 Å². The highest BCUT2D eigenvalue weighted by Crippen LogP contribution is 2.11. The summed E-state index contributed by atoms with van der Waals surface area (Å²) < 4.78 is 15.3. The van der Waals surface area contributed by atoms with Crippen LogP contribution in [0.4, 0.5) is 0 Å². The third kappa shape index (κ3) is 4.97. The van der Waals surface area contributed by atoms with E-state index in [9.17, 15) is 4.79 Å². The van der Waals surface area contributed by atoms with Crippen LogP contribution in [0.5, 0.6) is 5.75 Å². The quantitative estimate of drug-likeness (QED) is 0.513. The molecular weight excluding hydrogens is 220 g/mol. The molecule has 1 aromatic carbocycles. The number of carbonyl (C=O) groups excluding carboxylic acids is 1. The van der Waals surface area contributed by atoms with Gasteiger partial charge < -0.3 is 14.2 Å². The molecule has 0 radical (unpaired) electrons. The molecule has 17 heavy (non-hydrogen) atoms. The molecule has 0 atom stereocenters. The molecule has 0 saturated heterocycles. The van der Waals surface area contributed by atoms with Crippen molar-refractivity contribution in [1.82, 2.24) is 0 Å². The maximum absolute atomic E-state index is 11.7. The van der Waals surface area contributed by atoms with Crippen molar-refractivity contribution in [3.63, 3.8) is 0 Å². The molecule has 4 nitrogen and oxygen atoms in total. The van der Waals surface area contributed by atoms with E-state index in [0.717, 1.165) is 5.75 Å². The van der Waals surface area contributed by atoms with Crippen molar-refractivity contribution < 1.29 is 19.0 Å². The predicted molar refractivity (Wildman–Crippen MR) is 64.6 cm³/mol. The maximum Gasteiger partial charge on any atom is 0.188 e. The molecule has 0 bridgehead atoms. The lowest BCUT2D eigenvalue weighted by Gasteiger charge is -2.05. The number of ether oxygens (including phenoxy) is 3. The first kappa shape index (κ1) is 13.7. The first-order valence-corrected chi connectivity index (χ1v) is 5.60. The van der Waals surface area contributed by atoms with E-state index >= 15 is 0 Å². The van der Waals surface area contributed by atoms with Crippen molar-refractivity contribution in [3.05, 3.63) is 29.8 Å². The van der Waals surface area contributed by atoms with Crippen LogP contribution in [0.25, 0.3) is 0 Å². The molecular formula is C13H18O4. The van der Waals surface area contributed by atoms with Gasteiger partial charge in [0.15, 0.2) is 5.78 Å². The summed E-state index contributed by atoms with van der Waals surface area (Å²) in [5.41, 5.74) is 0.627. The Morgan fingerprint density at radius 3 is 2.35 bits per heavy atom. The topological polar surface area (TPSA) is 44.8 Å². The summed E-state index contributed by atoms with van der Waals surface area (Å²) in [6.45, 7) is 3.62. The Labute approximate surface area is 101 Å². The maximum atomic E-state index is 11.7. The second kappa shape index (κ2) is 7.81. The Balaban J connectivity index is 2.31. The second-order valence-corrected chi connectivity index (χ2v) is 3.40. The van der Waals surface area contributed by atoms with E-state index < -0.39 is 0 Å². The highest BCUT2D eigenvalue weighted by atomic mass is 16.5. The van der Waals surface area contributed by atoms with Crippen LogP contribution in [0.2, 0.25) is 0 Å². The van der Waals surface area contributed by atoms with Crippen LogP contribution in [0.1, 0.15) is 17.3 Å². The largest absolute Gasteiger partial charge is 0.497 e. The summed E-state index contributed by atoms with van der Waals surface area (Å²) >= 11 is 0. The third-order valence-electron chi connectivity index (χ3n) is 2.22. The van der Waals surface area contributed by atoms with Gasteiger partial charge in [-0.15, -0.1) is 0 Å². The zero-order chi connectivity index (χ0) is 12.5. The number of carbonyl (C=O) groups is 1. The minimum absolute atomic E-state index is 0.0378. The molecule has 0 spiro atoms. The molecule has 1 rings (SSSR count). The monoisotopic (exact) mass is 238 g/mol. The van der Waals surface area contributed by atoms with E-state index in [2.05, 4.69) is 0 Å². The molecule has 0 N–H and O–H groups in total. The van der Waals surface area contributed by atoms with Crippen molar-refractivity contribution in [2.75, 3.05) is 33.5 Å². The number of benzene rings is 1. The van der Waals surface area contributed by atoms with Crippen molar-refractivity contribution in [2.24, 2.45) is 0 Å². The first-order valence-electron chi connectivity index (χ1n) is 5.60. The number of rotatable bonds is 8. The molecule has 1 aromatic rings. The van der Waals surface area contributed by atoms with Crippen molar-refractivity contribution >= 4 is 5.78 Å². The summed E-state index contributed by atoms with van der Waals surface area (Å²) in [5.74, 6) is 0.697. The molecule has 0 saturated carbocycles. The van der Waals surface area contributed by atoms with Gasteiger partial charge in [0.1, 0.15) is 12.4 Å². The first-order chi connectivity index (χ1) is 8.27.